The molecule has 0 saturated carbocycles. The molecule has 1 heterocycles. The fraction of sp³-hybridized carbons (Fsp3) is 0.611. The quantitative estimate of drug-likeness (QED) is 0.907. The van der Waals surface area contributed by atoms with Gasteiger partial charge in [0.2, 0.25) is 5.91 Å². The lowest BCUT2D eigenvalue weighted by atomic mass is 10.0. The van der Waals surface area contributed by atoms with Crippen molar-refractivity contribution in [3.05, 3.63) is 29.8 Å². The van der Waals surface area contributed by atoms with Crippen LogP contribution in [-0.2, 0) is 4.79 Å². The molecule has 1 amide bonds. The van der Waals surface area contributed by atoms with Gasteiger partial charge in [-0.05, 0) is 43.5 Å². The molecule has 1 saturated heterocycles. The van der Waals surface area contributed by atoms with Gasteiger partial charge in [-0.3, -0.25) is 9.69 Å². The Balaban J connectivity index is 1.92. The van der Waals surface area contributed by atoms with Gasteiger partial charge in [-0.1, -0.05) is 51.3 Å². The zero-order chi connectivity index (χ0) is 15.1. The Kier molecular flexibility index (Phi) is 6.24. The summed E-state index contributed by atoms with van der Waals surface area (Å²) in [5.74, 6) is 0.534. The Morgan fingerprint density at radius 3 is 2.38 bits per heavy atom. The first-order chi connectivity index (χ1) is 10.2. The first-order valence-electron chi connectivity index (χ1n) is 8.28. The summed E-state index contributed by atoms with van der Waals surface area (Å²) in [6.45, 7) is 6.94. The van der Waals surface area contributed by atoms with Crippen LogP contribution in [-0.4, -0.2) is 30.4 Å². The summed E-state index contributed by atoms with van der Waals surface area (Å²) in [6.07, 6.45) is 6.39. The maximum absolute atomic E-state index is 12.3. The Morgan fingerprint density at radius 1 is 1.10 bits per heavy atom. The molecule has 1 aromatic carbocycles. The van der Waals surface area contributed by atoms with Crippen molar-refractivity contribution in [3.8, 4) is 0 Å². The third-order valence-corrected chi connectivity index (χ3v) is 4.17. The first-order valence-corrected chi connectivity index (χ1v) is 8.28. The Labute approximate surface area is 128 Å². The molecule has 1 aromatic rings. The van der Waals surface area contributed by atoms with Crippen LogP contribution >= 0.6 is 0 Å². The van der Waals surface area contributed by atoms with Gasteiger partial charge in [-0.15, -0.1) is 0 Å². The number of carbonyl (C=O) groups excluding carboxylic acids is 1. The van der Waals surface area contributed by atoms with E-state index in [1.54, 1.807) is 0 Å². The highest BCUT2D eigenvalue weighted by Crippen LogP contribution is 2.23. The average Bonchev–Trinajstić information content (AvgIpc) is 2.42. The van der Waals surface area contributed by atoms with Crippen molar-refractivity contribution in [1.82, 2.24) is 4.90 Å². The molecular formula is C18H28N2O. The molecule has 1 aliphatic rings. The summed E-state index contributed by atoms with van der Waals surface area (Å²) >= 11 is 0. The van der Waals surface area contributed by atoms with Crippen molar-refractivity contribution in [3.63, 3.8) is 0 Å². The molecule has 116 valence electrons. The van der Waals surface area contributed by atoms with Crippen molar-refractivity contribution < 1.29 is 4.79 Å². The van der Waals surface area contributed by atoms with Gasteiger partial charge in [0.05, 0.1) is 6.54 Å². The van der Waals surface area contributed by atoms with Gasteiger partial charge in [0, 0.05) is 5.69 Å². The molecule has 0 spiro atoms. The molecular weight excluding hydrogens is 260 g/mol. The number of benzene rings is 1. The number of carbonyl (C=O) groups is 1. The number of hydrogen-bond acceptors (Lipinski definition) is 2. The number of likely N-dealkylation sites (tertiary alicyclic amines) is 1. The second-order valence-electron chi connectivity index (χ2n) is 6.33. The summed E-state index contributed by atoms with van der Waals surface area (Å²) < 4.78 is 0. The van der Waals surface area contributed by atoms with E-state index in [9.17, 15) is 4.79 Å². The van der Waals surface area contributed by atoms with E-state index >= 15 is 0 Å². The third-order valence-electron chi connectivity index (χ3n) is 4.17. The highest BCUT2D eigenvalue weighted by molar-refractivity contribution is 5.93. The van der Waals surface area contributed by atoms with E-state index in [4.69, 9.17) is 0 Å². The lowest BCUT2D eigenvalue weighted by Gasteiger charge is -2.24. The van der Waals surface area contributed by atoms with Gasteiger partial charge in [0.1, 0.15) is 0 Å². The maximum atomic E-state index is 12.3. The first kappa shape index (κ1) is 16.0. The number of para-hydroxylation sites is 1. The lowest BCUT2D eigenvalue weighted by Crippen LogP contribution is -2.35. The molecule has 1 N–H and O–H groups in total. The van der Waals surface area contributed by atoms with Crippen molar-refractivity contribution in [1.29, 1.82) is 0 Å². The molecule has 1 aliphatic heterocycles. The lowest BCUT2D eigenvalue weighted by molar-refractivity contribution is -0.117. The molecule has 2 rings (SSSR count). The molecule has 0 bridgehead atoms. The molecule has 0 aromatic heterocycles. The Hall–Kier alpha value is -1.35. The Bertz CT molecular complexity index is 448. The van der Waals surface area contributed by atoms with E-state index in [0.29, 0.717) is 12.5 Å². The molecule has 0 aliphatic carbocycles. The van der Waals surface area contributed by atoms with Gasteiger partial charge in [-0.2, -0.15) is 0 Å². The van der Waals surface area contributed by atoms with Gasteiger partial charge in [-0.25, -0.2) is 0 Å². The zero-order valence-electron chi connectivity index (χ0n) is 13.4. The summed E-state index contributed by atoms with van der Waals surface area (Å²) in [6, 6.07) is 8.11. The van der Waals surface area contributed by atoms with Gasteiger partial charge >= 0.3 is 0 Å². The van der Waals surface area contributed by atoms with E-state index in [2.05, 4.69) is 30.1 Å². The zero-order valence-corrected chi connectivity index (χ0v) is 13.4. The van der Waals surface area contributed by atoms with Gasteiger partial charge < -0.3 is 5.32 Å². The molecule has 3 nitrogen and oxygen atoms in total. The van der Waals surface area contributed by atoms with Crippen molar-refractivity contribution in [2.24, 2.45) is 0 Å². The summed E-state index contributed by atoms with van der Waals surface area (Å²) in [7, 11) is 0. The molecule has 0 radical (unpaired) electrons. The fourth-order valence-corrected chi connectivity index (χ4v) is 2.98. The van der Waals surface area contributed by atoms with Crippen molar-refractivity contribution in [2.75, 3.05) is 25.0 Å². The van der Waals surface area contributed by atoms with Crippen LogP contribution in [0.1, 0.15) is 57.4 Å². The molecule has 1 fully saturated rings. The number of anilines is 1. The second kappa shape index (κ2) is 8.18. The fourth-order valence-electron chi connectivity index (χ4n) is 2.98. The largest absolute Gasteiger partial charge is 0.325 e. The molecule has 21 heavy (non-hydrogen) atoms. The van der Waals surface area contributed by atoms with Crippen LogP contribution in [0.5, 0.6) is 0 Å². The van der Waals surface area contributed by atoms with Crippen LogP contribution in [0.15, 0.2) is 24.3 Å². The van der Waals surface area contributed by atoms with Crippen LogP contribution in [0.25, 0.3) is 0 Å². The minimum absolute atomic E-state index is 0.115. The SMILES string of the molecule is CC(C)c1ccccc1NC(=O)CN1CCCCCCC1. The molecule has 3 heteroatoms. The monoisotopic (exact) mass is 288 g/mol. The Morgan fingerprint density at radius 2 is 1.71 bits per heavy atom. The predicted molar refractivity (Wildman–Crippen MR) is 88.7 cm³/mol. The van der Waals surface area contributed by atoms with Gasteiger partial charge in [0.15, 0.2) is 0 Å². The summed E-state index contributed by atoms with van der Waals surface area (Å²) in [4.78, 5) is 14.6. The number of rotatable bonds is 4. The average molecular weight is 288 g/mol. The van der Waals surface area contributed by atoms with Crippen molar-refractivity contribution >= 4 is 11.6 Å². The predicted octanol–water partition coefficient (Wildman–Crippen LogP) is 4.01. The number of nitrogens with one attached hydrogen (secondary N) is 1. The summed E-state index contributed by atoms with van der Waals surface area (Å²) in [5.41, 5.74) is 2.17. The van der Waals surface area contributed by atoms with Crippen LogP contribution in [0.2, 0.25) is 0 Å². The minimum Gasteiger partial charge on any atom is -0.325 e. The van der Waals surface area contributed by atoms with Crippen molar-refractivity contribution in [2.45, 2.75) is 51.9 Å². The summed E-state index contributed by atoms with van der Waals surface area (Å²) in [5, 5.41) is 3.09. The maximum Gasteiger partial charge on any atom is 0.238 e. The van der Waals surface area contributed by atoms with Crippen LogP contribution in [0.4, 0.5) is 5.69 Å². The topological polar surface area (TPSA) is 32.3 Å². The smallest absolute Gasteiger partial charge is 0.238 e. The number of amides is 1. The third kappa shape index (κ3) is 5.16. The normalized spacial score (nSPS) is 17.3. The van der Waals surface area contributed by atoms with E-state index in [-0.39, 0.29) is 5.91 Å². The van der Waals surface area contributed by atoms with E-state index in [0.717, 1.165) is 18.8 Å². The number of hydrogen-bond donors (Lipinski definition) is 1. The standard InChI is InChI=1S/C18H28N2O/c1-15(2)16-10-6-7-11-17(16)19-18(21)14-20-12-8-4-3-5-9-13-20/h6-7,10-11,15H,3-5,8-9,12-14H2,1-2H3,(H,19,21). The molecule has 0 atom stereocenters. The molecule has 0 unspecified atom stereocenters. The second-order valence-corrected chi connectivity index (χ2v) is 6.33. The van der Waals surface area contributed by atoms with Gasteiger partial charge in [0.25, 0.3) is 0 Å². The highest BCUT2D eigenvalue weighted by Gasteiger charge is 2.14. The van der Waals surface area contributed by atoms with Crippen LogP contribution in [0.3, 0.4) is 0 Å². The van der Waals surface area contributed by atoms with Crippen LogP contribution < -0.4 is 5.32 Å². The van der Waals surface area contributed by atoms with E-state index in [1.165, 1.54) is 37.7 Å². The number of nitrogens with zero attached hydrogens (tertiary/aromatic N) is 1. The minimum atomic E-state index is 0.115. The van der Waals surface area contributed by atoms with E-state index in [1.807, 2.05) is 18.2 Å². The van der Waals surface area contributed by atoms with Crippen LogP contribution in [0, 0.1) is 0 Å². The highest BCUT2D eigenvalue weighted by atomic mass is 16.2. The van der Waals surface area contributed by atoms with E-state index < -0.39 is 0 Å².